The van der Waals surface area contributed by atoms with Gasteiger partial charge in [-0.15, -0.1) is 23.1 Å². The van der Waals surface area contributed by atoms with Crippen molar-refractivity contribution in [2.75, 3.05) is 5.75 Å². The third kappa shape index (κ3) is 3.22. The van der Waals surface area contributed by atoms with Crippen molar-refractivity contribution in [3.05, 3.63) is 44.6 Å². The fourth-order valence-corrected chi connectivity index (χ4v) is 7.20. The van der Waals surface area contributed by atoms with Gasteiger partial charge in [0.2, 0.25) is 10.0 Å². The van der Waals surface area contributed by atoms with Gasteiger partial charge in [0, 0.05) is 15.8 Å². The molecule has 1 aromatic heterocycles. The van der Waals surface area contributed by atoms with Gasteiger partial charge in [0.1, 0.15) is 0 Å². The van der Waals surface area contributed by atoms with Crippen LogP contribution in [0.1, 0.15) is 22.9 Å². The highest BCUT2D eigenvalue weighted by atomic mass is 79.9. The summed E-state index contributed by atoms with van der Waals surface area (Å²) in [5, 5.41) is 0. The maximum absolute atomic E-state index is 12.6. The van der Waals surface area contributed by atoms with Crippen molar-refractivity contribution in [2.24, 2.45) is 0 Å². The summed E-state index contributed by atoms with van der Waals surface area (Å²) in [5.74, 6) is 0.927. The number of hydrogen-bond acceptors (Lipinski definition) is 4. The third-order valence-corrected chi connectivity index (χ3v) is 7.79. The van der Waals surface area contributed by atoms with Crippen molar-refractivity contribution in [1.29, 1.82) is 0 Å². The number of rotatable bonds is 3. The van der Waals surface area contributed by atoms with Gasteiger partial charge in [0.05, 0.1) is 8.68 Å². The van der Waals surface area contributed by atoms with Gasteiger partial charge >= 0.3 is 0 Å². The minimum absolute atomic E-state index is 0.148. The summed E-state index contributed by atoms with van der Waals surface area (Å²) in [4.78, 5) is 2.34. The Hall–Kier alpha value is -0.340. The van der Waals surface area contributed by atoms with E-state index in [2.05, 4.69) is 20.7 Å². The lowest BCUT2D eigenvalue weighted by Gasteiger charge is -2.25. The fourth-order valence-electron chi connectivity index (χ4n) is 2.41. The summed E-state index contributed by atoms with van der Waals surface area (Å²) in [7, 11) is -3.49. The molecule has 1 aliphatic rings. The second-order valence-corrected chi connectivity index (χ2v) is 10.3. The van der Waals surface area contributed by atoms with Crippen LogP contribution in [0, 0.1) is 6.92 Å². The number of fused-ring (bicyclic) bond motifs is 1. The largest absolute Gasteiger partial charge is 0.242 e. The van der Waals surface area contributed by atoms with Crippen molar-refractivity contribution in [2.45, 2.75) is 29.2 Å². The predicted octanol–water partition coefficient (Wildman–Crippen LogP) is 4.33. The second kappa shape index (κ2) is 6.04. The Morgan fingerprint density at radius 2 is 2.10 bits per heavy atom. The highest BCUT2D eigenvalue weighted by molar-refractivity contribution is 9.11. The number of halogens is 1. The molecule has 1 unspecified atom stereocenters. The maximum atomic E-state index is 12.6. The smallest absolute Gasteiger partial charge is 0.207 e. The topological polar surface area (TPSA) is 46.2 Å². The Labute approximate surface area is 141 Å². The molecule has 0 saturated heterocycles. The Bertz CT molecular complexity index is 770. The second-order valence-electron chi connectivity index (χ2n) is 4.82. The van der Waals surface area contributed by atoms with Crippen LogP contribution in [0.3, 0.4) is 0 Å². The molecule has 3 rings (SSSR count). The van der Waals surface area contributed by atoms with E-state index in [1.54, 1.807) is 17.8 Å². The zero-order chi connectivity index (χ0) is 15.0. The number of thiophene rings is 1. The molecule has 1 N–H and O–H groups in total. The molecule has 0 bridgehead atoms. The first-order chi connectivity index (χ1) is 9.97. The number of aryl methyl sites for hydroxylation is 1. The van der Waals surface area contributed by atoms with Crippen molar-refractivity contribution in [3.8, 4) is 0 Å². The highest BCUT2D eigenvalue weighted by Crippen LogP contribution is 2.37. The van der Waals surface area contributed by atoms with Gasteiger partial charge in [-0.05, 0) is 52.7 Å². The molecule has 21 heavy (non-hydrogen) atoms. The third-order valence-electron chi connectivity index (χ3n) is 3.39. The molecule has 2 heterocycles. The standard InChI is InChI=1S/C14H14BrNO2S3/c1-9-13(8-14(15)20-9)21(17,18)16-11-6-7-19-12-5-3-2-4-10(11)12/h2-5,8,11,16H,6-7H2,1H3. The van der Waals surface area contributed by atoms with E-state index in [0.717, 1.165) is 26.4 Å². The maximum Gasteiger partial charge on any atom is 0.242 e. The summed E-state index contributed by atoms with van der Waals surface area (Å²) < 4.78 is 28.9. The SMILES string of the molecule is Cc1sc(Br)cc1S(=O)(=O)NC1CCSc2ccccc21. The fraction of sp³-hybridized carbons (Fsp3) is 0.286. The molecule has 3 nitrogen and oxygen atoms in total. The van der Waals surface area contributed by atoms with Gasteiger partial charge < -0.3 is 0 Å². The monoisotopic (exact) mass is 403 g/mol. The van der Waals surface area contributed by atoms with Crippen LogP contribution in [0.5, 0.6) is 0 Å². The van der Waals surface area contributed by atoms with Crippen LogP contribution in [0.2, 0.25) is 0 Å². The van der Waals surface area contributed by atoms with Crippen LogP contribution in [0.4, 0.5) is 0 Å². The van der Waals surface area contributed by atoms with Gasteiger partial charge in [-0.1, -0.05) is 18.2 Å². The molecule has 0 radical (unpaired) electrons. The Morgan fingerprint density at radius 3 is 2.81 bits per heavy atom. The molecule has 0 saturated carbocycles. The van der Waals surface area contributed by atoms with Crippen LogP contribution in [-0.2, 0) is 10.0 Å². The van der Waals surface area contributed by atoms with Gasteiger partial charge in [0.15, 0.2) is 0 Å². The molecule has 1 aromatic carbocycles. The highest BCUT2D eigenvalue weighted by Gasteiger charge is 2.27. The summed E-state index contributed by atoms with van der Waals surface area (Å²) >= 11 is 6.57. The van der Waals surface area contributed by atoms with E-state index in [4.69, 9.17) is 0 Å². The van der Waals surface area contributed by atoms with Crippen molar-refractivity contribution in [3.63, 3.8) is 0 Å². The lowest BCUT2D eigenvalue weighted by atomic mass is 10.1. The van der Waals surface area contributed by atoms with Gasteiger partial charge in [-0.25, -0.2) is 13.1 Å². The molecule has 1 atom stereocenters. The zero-order valence-electron chi connectivity index (χ0n) is 11.3. The van der Waals surface area contributed by atoms with E-state index in [1.807, 2.05) is 31.2 Å². The van der Waals surface area contributed by atoms with Crippen molar-refractivity contribution >= 4 is 49.1 Å². The van der Waals surface area contributed by atoms with Crippen LogP contribution in [-0.4, -0.2) is 14.2 Å². The van der Waals surface area contributed by atoms with Gasteiger partial charge in [-0.3, -0.25) is 0 Å². The number of sulfonamides is 1. The number of thioether (sulfide) groups is 1. The van der Waals surface area contributed by atoms with Gasteiger partial charge in [-0.2, -0.15) is 0 Å². The van der Waals surface area contributed by atoms with E-state index in [-0.39, 0.29) is 6.04 Å². The number of benzene rings is 1. The molecule has 0 amide bonds. The first kappa shape index (κ1) is 15.6. The molecule has 1 aliphatic heterocycles. The number of hydrogen-bond donors (Lipinski definition) is 1. The van der Waals surface area contributed by atoms with E-state index < -0.39 is 10.0 Å². The first-order valence-corrected chi connectivity index (χ1v) is 10.6. The molecular weight excluding hydrogens is 390 g/mol. The molecular formula is C14H14BrNO2S3. The van der Waals surface area contributed by atoms with Crippen molar-refractivity contribution < 1.29 is 8.42 Å². The van der Waals surface area contributed by atoms with Crippen LogP contribution >= 0.6 is 39.0 Å². The average Bonchev–Trinajstić information content (AvgIpc) is 2.79. The van der Waals surface area contributed by atoms with Crippen LogP contribution in [0.15, 0.2) is 43.9 Å². The minimum Gasteiger partial charge on any atom is -0.207 e. The first-order valence-electron chi connectivity index (χ1n) is 6.47. The lowest BCUT2D eigenvalue weighted by molar-refractivity contribution is 0.546. The van der Waals surface area contributed by atoms with E-state index in [0.29, 0.717) is 4.90 Å². The minimum atomic E-state index is -3.49. The van der Waals surface area contributed by atoms with Crippen molar-refractivity contribution in [1.82, 2.24) is 4.72 Å². The Kier molecular flexibility index (Phi) is 4.47. The van der Waals surface area contributed by atoms with E-state index >= 15 is 0 Å². The molecule has 112 valence electrons. The number of nitrogens with one attached hydrogen (secondary N) is 1. The summed E-state index contributed by atoms with van der Waals surface area (Å²) in [6.07, 6.45) is 0.811. The van der Waals surface area contributed by atoms with Crippen LogP contribution in [0.25, 0.3) is 0 Å². The predicted molar refractivity (Wildman–Crippen MR) is 91.6 cm³/mol. The van der Waals surface area contributed by atoms with E-state index in [1.165, 1.54) is 16.2 Å². The Morgan fingerprint density at radius 1 is 1.33 bits per heavy atom. The average molecular weight is 404 g/mol. The normalized spacial score (nSPS) is 18.5. The van der Waals surface area contributed by atoms with Gasteiger partial charge in [0.25, 0.3) is 0 Å². The molecule has 7 heteroatoms. The quantitative estimate of drug-likeness (QED) is 0.828. The lowest BCUT2D eigenvalue weighted by Crippen LogP contribution is -2.30. The van der Waals surface area contributed by atoms with E-state index in [9.17, 15) is 8.42 Å². The molecule has 2 aromatic rings. The van der Waals surface area contributed by atoms with Crippen LogP contribution < -0.4 is 4.72 Å². The molecule has 0 fully saturated rings. The Balaban J connectivity index is 1.92. The summed E-state index contributed by atoms with van der Waals surface area (Å²) in [5.41, 5.74) is 1.07. The summed E-state index contributed by atoms with van der Waals surface area (Å²) in [6.45, 7) is 1.83. The summed E-state index contributed by atoms with van der Waals surface area (Å²) in [6, 6.07) is 9.52. The zero-order valence-corrected chi connectivity index (χ0v) is 15.3. The molecule has 0 aliphatic carbocycles. The molecule has 0 spiro atoms.